The van der Waals surface area contributed by atoms with Crippen LogP contribution < -0.4 is 5.73 Å². The quantitative estimate of drug-likeness (QED) is 0.848. The molecule has 98 valence electrons. The van der Waals surface area contributed by atoms with Crippen molar-refractivity contribution in [1.29, 1.82) is 0 Å². The zero-order valence-corrected chi connectivity index (χ0v) is 10.9. The Labute approximate surface area is 112 Å². The monoisotopic (exact) mass is 255 g/mol. The predicted octanol–water partition coefficient (Wildman–Crippen LogP) is 1.86. The first-order valence-electron chi connectivity index (χ1n) is 6.12. The van der Waals surface area contributed by atoms with E-state index >= 15 is 0 Å². The van der Waals surface area contributed by atoms with E-state index in [-0.39, 0.29) is 5.91 Å². The molecule has 19 heavy (non-hydrogen) atoms. The van der Waals surface area contributed by atoms with Gasteiger partial charge in [0.1, 0.15) is 0 Å². The van der Waals surface area contributed by atoms with Gasteiger partial charge in [-0.25, -0.2) is 0 Å². The molecule has 0 atom stereocenters. The van der Waals surface area contributed by atoms with Crippen LogP contribution >= 0.6 is 0 Å². The first-order valence-corrected chi connectivity index (χ1v) is 6.12. The van der Waals surface area contributed by atoms with Gasteiger partial charge < -0.3 is 10.6 Å². The number of nitrogens with zero attached hydrogens (tertiary/aromatic N) is 2. The van der Waals surface area contributed by atoms with Gasteiger partial charge in [0, 0.05) is 31.7 Å². The fourth-order valence-electron chi connectivity index (χ4n) is 1.87. The van der Waals surface area contributed by atoms with Crippen LogP contribution in [0.25, 0.3) is 0 Å². The van der Waals surface area contributed by atoms with Crippen molar-refractivity contribution in [1.82, 2.24) is 9.88 Å². The van der Waals surface area contributed by atoms with Crippen LogP contribution in [0, 0.1) is 0 Å². The summed E-state index contributed by atoms with van der Waals surface area (Å²) in [5.41, 5.74) is 8.33. The molecule has 4 heteroatoms. The van der Waals surface area contributed by atoms with Crippen molar-refractivity contribution < 1.29 is 4.79 Å². The van der Waals surface area contributed by atoms with Gasteiger partial charge in [0.15, 0.2) is 0 Å². The van der Waals surface area contributed by atoms with Crippen LogP contribution in [0.1, 0.15) is 11.1 Å². The summed E-state index contributed by atoms with van der Waals surface area (Å²) in [6, 6.07) is 11.2. The molecule has 0 fully saturated rings. The number of pyridine rings is 1. The highest BCUT2D eigenvalue weighted by Gasteiger charge is 2.10. The number of carbonyl (C=O) groups is 1. The molecule has 2 N–H and O–H groups in total. The average molecular weight is 255 g/mol. The number of nitrogens with two attached hydrogens (primary N) is 1. The smallest absolute Gasteiger partial charge is 0.227 e. The third-order valence-electron chi connectivity index (χ3n) is 2.87. The van der Waals surface area contributed by atoms with Crippen LogP contribution in [0.2, 0.25) is 0 Å². The number of hydrogen-bond donors (Lipinski definition) is 1. The Bertz CT molecular complexity index is 554. The SMILES string of the molecule is CN(Cc1cccnc1)C(=O)Cc1cccc(N)c1. The third kappa shape index (κ3) is 3.81. The van der Waals surface area contributed by atoms with Gasteiger partial charge in [-0.1, -0.05) is 18.2 Å². The van der Waals surface area contributed by atoms with Gasteiger partial charge in [0.2, 0.25) is 5.91 Å². The summed E-state index contributed by atoms with van der Waals surface area (Å²) in [6.07, 6.45) is 3.85. The molecule has 1 amide bonds. The minimum Gasteiger partial charge on any atom is -0.399 e. The Morgan fingerprint density at radius 3 is 2.74 bits per heavy atom. The summed E-state index contributed by atoms with van der Waals surface area (Å²) >= 11 is 0. The molecule has 0 bridgehead atoms. The average Bonchev–Trinajstić information content (AvgIpc) is 2.40. The molecule has 0 radical (unpaired) electrons. The van der Waals surface area contributed by atoms with Gasteiger partial charge in [-0.05, 0) is 29.3 Å². The number of carbonyl (C=O) groups excluding carboxylic acids is 1. The lowest BCUT2D eigenvalue weighted by Gasteiger charge is -2.17. The van der Waals surface area contributed by atoms with Gasteiger partial charge >= 0.3 is 0 Å². The van der Waals surface area contributed by atoms with Crippen LogP contribution in [0.5, 0.6) is 0 Å². The normalized spacial score (nSPS) is 10.2. The summed E-state index contributed by atoms with van der Waals surface area (Å²) < 4.78 is 0. The summed E-state index contributed by atoms with van der Waals surface area (Å²) in [7, 11) is 1.79. The molecule has 1 aromatic carbocycles. The number of likely N-dealkylation sites (N-methyl/N-ethyl adjacent to an activating group) is 1. The van der Waals surface area contributed by atoms with E-state index < -0.39 is 0 Å². The minimum absolute atomic E-state index is 0.0643. The van der Waals surface area contributed by atoms with E-state index in [1.54, 1.807) is 24.3 Å². The Kier molecular flexibility index (Phi) is 4.13. The van der Waals surface area contributed by atoms with E-state index in [1.807, 2.05) is 36.4 Å². The lowest BCUT2D eigenvalue weighted by Crippen LogP contribution is -2.27. The van der Waals surface area contributed by atoms with Crippen molar-refractivity contribution in [2.75, 3.05) is 12.8 Å². The predicted molar refractivity (Wildman–Crippen MR) is 75.3 cm³/mol. The molecule has 0 saturated heterocycles. The Morgan fingerprint density at radius 1 is 1.26 bits per heavy atom. The van der Waals surface area contributed by atoms with E-state index in [1.165, 1.54) is 0 Å². The van der Waals surface area contributed by atoms with E-state index in [9.17, 15) is 4.79 Å². The summed E-state index contributed by atoms with van der Waals surface area (Å²) in [5.74, 6) is 0.0643. The van der Waals surface area contributed by atoms with Crippen LogP contribution in [-0.2, 0) is 17.8 Å². The molecule has 1 aromatic heterocycles. The van der Waals surface area contributed by atoms with Gasteiger partial charge in [0.05, 0.1) is 6.42 Å². The Hall–Kier alpha value is -2.36. The van der Waals surface area contributed by atoms with Crippen LogP contribution in [-0.4, -0.2) is 22.8 Å². The molecule has 0 aliphatic rings. The molecule has 2 aromatic rings. The maximum atomic E-state index is 12.1. The van der Waals surface area contributed by atoms with Crippen molar-refractivity contribution in [2.45, 2.75) is 13.0 Å². The van der Waals surface area contributed by atoms with Crippen molar-refractivity contribution in [3.63, 3.8) is 0 Å². The molecular formula is C15H17N3O. The number of benzene rings is 1. The topological polar surface area (TPSA) is 59.2 Å². The summed E-state index contributed by atoms with van der Waals surface area (Å²) in [5, 5.41) is 0. The van der Waals surface area contributed by atoms with E-state index in [4.69, 9.17) is 5.73 Å². The molecule has 0 spiro atoms. The fourth-order valence-corrected chi connectivity index (χ4v) is 1.87. The molecule has 1 heterocycles. The maximum Gasteiger partial charge on any atom is 0.227 e. The standard InChI is InChI=1S/C15H17N3O/c1-18(11-13-5-3-7-17-10-13)15(19)9-12-4-2-6-14(16)8-12/h2-8,10H,9,11,16H2,1H3. The molecule has 0 aliphatic carbocycles. The number of aromatic nitrogens is 1. The summed E-state index contributed by atoms with van der Waals surface area (Å²) in [6.45, 7) is 0.564. The number of anilines is 1. The fraction of sp³-hybridized carbons (Fsp3) is 0.200. The van der Waals surface area contributed by atoms with Crippen LogP contribution in [0.4, 0.5) is 5.69 Å². The largest absolute Gasteiger partial charge is 0.399 e. The zero-order chi connectivity index (χ0) is 13.7. The first-order chi connectivity index (χ1) is 9.15. The Balaban J connectivity index is 1.96. The number of amides is 1. The first kappa shape index (κ1) is 13.1. The highest BCUT2D eigenvalue weighted by atomic mass is 16.2. The third-order valence-corrected chi connectivity index (χ3v) is 2.87. The van der Waals surface area contributed by atoms with E-state index in [0.717, 1.165) is 11.1 Å². The van der Waals surface area contributed by atoms with Crippen molar-refractivity contribution >= 4 is 11.6 Å². The second-order valence-corrected chi connectivity index (χ2v) is 4.53. The number of rotatable bonds is 4. The molecule has 4 nitrogen and oxygen atoms in total. The number of hydrogen-bond acceptors (Lipinski definition) is 3. The molecule has 2 rings (SSSR count). The summed E-state index contributed by atoms with van der Waals surface area (Å²) in [4.78, 5) is 17.8. The molecular weight excluding hydrogens is 238 g/mol. The lowest BCUT2D eigenvalue weighted by molar-refractivity contribution is -0.129. The maximum absolute atomic E-state index is 12.1. The molecule has 0 unspecified atom stereocenters. The molecule has 0 aliphatic heterocycles. The van der Waals surface area contributed by atoms with Crippen LogP contribution in [0.15, 0.2) is 48.8 Å². The lowest BCUT2D eigenvalue weighted by atomic mass is 10.1. The van der Waals surface area contributed by atoms with Gasteiger partial charge in [-0.2, -0.15) is 0 Å². The minimum atomic E-state index is 0.0643. The molecule has 0 saturated carbocycles. The van der Waals surface area contributed by atoms with Crippen molar-refractivity contribution in [3.05, 3.63) is 59.9 Å². The van der Waals surface area contributed by atoms with Crippen LogP contribution in [0.3, 0.4) is 0 Å². The highest BCUT2D eigenvalue weighted by molar-refractivity contribution is 5.78. The van der Waals surface area contributed by atoms with Crippen molar-refractivity contribution in [3.8, 4) is 0 Å². The van der Waals surface area contributed by atoms with E-state index in [0.29, 0.717) is 18.7 Å². The Morgan fingerprint density at radius 2 is 2.05 bits per heavy atom. The van der Waals surface area contributed by atoms with E-state index in [2.05, 4.69) is 4.98 Å². The zero-order valence-electron chi connectivity index (χ0n) is 10.9. The van der Waals surface area contributed by atoms with Crippen molar-refractivity contribution in [2.24, 2.45) is 0 Å². The van der Waals surface area contributed by atoms with Gasteiger partial charge in [-0.15, -0.1) is 0 Å². The highest BCUT2D eigenvalue weighted by Crippen LogP contribution is 2.09. The van der Waals surface area contributed by atoms with Gasteiger partial charge in [0.25, 0.3) is 0 Å². The number of nitrogen functional groups attached to an aromatic ring is 1. The second-order valence-electron chi connectivity index (χ2n) is 4.53. The van der Waals surface area contributed by atoms with Gasteiger partial charge in [-0.3, -0.25) is 9.78 Å². The second kappa shape index (κ2) is 6.00.